The van der Waals surface area contributed by atoms with Gasteiger partial charge in [0.1, 0.15) is 11.6 Å². The Morgan fingerprint density at radius 1 is 1.15 bits per heavy atom. The molecule has 1 aromatic heterocycles. The summed E-state index contributed by atoms with van der Waals surface area (Å²) in [5.74, 6) is 2.74. The van der Waals surface area contributed by atoms with Gasteiger partial charge < -0.3 is 20.3 Å². The number of aromatic nitrogens is 2. The Balaban J connectivity index is 1.37. The van der Waals surface area contributed by atoms with Crippen LogP contribution in [0.15, 0.2) is 6.07 Å². The van der Waals surface area contributed by atoms with Crippen molar-refractivity contribution in [2.75, 3.05) is 44.3 Å². The summed E-state index contributed by atoms with van der Waals surface area (Å²) < 4.78 is 5.35. The minimum atomic E-state index is 0.136. The monoisotopic (exact) mass is 359 g/mol. The molecule has 2 aliphatic heterocycles. The van der Waals surface area contributed by atoms with Gasteiger partial charge in [-0.3, -0.25) is 4.79 Å². The third kappa shape index (κ3) is 3.69. The van der Waals surface area contributed by atoms with Gasteiger partial charge in [-0.15, -0.1) is 0 Å². The van der Waals surface area contributed by atoms with Crippen LogP contribution in [0.2, 0.25) is 0 Å². The van der Waals surface area contributed by atoms with Crippen LogP contribution in [-0.2, 0) is 9.53 Å². The molecule has 4 rings (SSSR count). The number of anilines is 1. The molecule has 1 saturated carbocycles. The van der Waals surface area contributed by atoms with E-state index in [4.69, 9.17) is 10.5 Å². The lowest BCUT2D eigenvalue weighted by atomic mass is 9.78. The Labute approximate surface area is 154 Å². The molecule has 0 unspecified atom stereocenters. The van der Waals surface area contributed by atoms with Gasteiger partial charge in [0.15, 0.2) is 0 Å². The second-order valence-electron chi connectivity index (χ2n) is 7.83. The van der Waals surface area contributed by atoms with E-state index >= 15 is 0 Å². The lowest BCUT2D eigenvalue weighted by Gasteiger charge is -2.36. The van der Waals surface area contributed by atoms with Gasteiger partial charge in [-0.25, -0.2) is 9.97 Å². The Kier molecular flexibility index (Phi) is 5.09. The first-order valence-electron chi connectivity index (χ1n) is 9.83. The normalized spacial score (nSPS) is 27.3. The van der Waals surface area contributed by atoms with E-state index in [9.17, 15) is 4.79 Å². The molecule has 3 fully saturated rings. The van der Waals surface area contributed by atoms with Crippen LogP contribution in [0.1, 0.15) is 43.1 Å². The zero-order valence-corrected chi connectivity index (χ0v) is 15.6. The third-order valence-corrected chi connectivity index (χ3v) is 5.93. The fraction of sp³-hybridized carbons (Fsp3) is 0.737. The molecular formula is C19H29N5O2. The average Bonchev–Trinajstić information content (AvgIpc) is 2.65. The minimum Gasteiger partial charge on any atom is -0.378 e. The molecule has 142 valence electrons. The summed E-state index contributed by atoms with van der Waals surface area (Å²) in [5.41, 5.74) is 7.06. The highest BCUT2D eigenvalue weighted by Crippen LogP contribution is 2.36. The number of hydrogen-bond acceptors (Lipinski definition) is 6. The van der Waals surface area contributed by atoms with E-state index in [2.05, 4.69) is 20.9 Å². The number of hydrogen-bond donors (Lipinski definition) is 1. The molecule has 0 radical (unpaired) electrons. The molecule has 1 amide bonds. The highest BCUT2D eigenvalue weighted by atomic mass is 16.5. The largest absolute Gasteiger partial charge is 0.378 e. The van der Waals surface area contributed by atoms with E-state index in [1.807, 2.05) is 11.8 Å². The second-order valence-corrected chi connectivity index (χ2v) is 7.83. The van der Waals surface area contributed by atoms with Crippen LogP contribution in [0, 0.1) is 12.8 Å². The quantitative estimate of drug-likeness (QED) is 0.869. The van der Waals surface area contributed by atoms with E-state index in [1.54, 1.807) is 0 Å². The SMILES string of the molecule is Cc1nc(C2CC(N)C2)cc(N2CCC(C(=O)N3CCOCC3)CC2)n1. The summed E-state index contributed by atoms with van der Waals surface area (Å²) in [6, 6.07) is 2.45. The molecule has 0 spiro atoms. The smallest absolute Gasteiger partial charge is 0.225 e. The van der Waals surface area contributed by atoms with Crippen LogP contribution in [-0.4, -0.2) is 66.2 Å². The van der Waals surface area contributed by atoms with Gasteiger partial charge in [0.25, 0.3) is 0 Å². The highest BCUT2D eigenvalue weighted by Gasteiger charge is 2.32. The predicted octanol–water partition coefficient (Wildman–Crippen LogP) is 1.06. The van der Waals surface area contributed by atoms with Gasteiger partial charge in [-0.1, -0.05) is 0 Å². The van der Waals surface area contributed by atoms with Crippen LogP contribution in [0.3, 0.4) is 0 Å². The highest BCUT2D eigenvalue weighted by molar-refractivity contribution is 5.79. The van der Waals surface area contributed by atoms with Crippen molar-refractivity contribution in [1.29, 1.82) is 0 Å². The fourth-order valence-corrected chi connectivity index (χ4v) is 4.25. The number of rotatable bonds is 3. The van der Waals surface area contributed by atoms with Crippen molar-refractivity contribution in [3.05, 3.63) is 17.6 Å². The Hall–Kier alpha value is -1.73. The van der Waals surface area contributed by atoms with E-state index in [0.717, 1.165) is 69.2 Å². The molecular weight excluding hydrogens is 330 g/mol. The van der Waals surface area contributed by atoms with Crippen molar-refractivity contribution in [3.8, 4) is 0 Å². The Bertz CT molecular complexity index is 647. The molecule has 7 nitrogen and oxygen atoms in total. The zero-order valence-electron chi connectivity index (χ0n) is 15.6. The summed E-state index contributed by atoms with van der Waals surface area (Å²) in [5, 5.41) is 0. The maximum absolute atomic E-state index is 12.7. The van der Waals surface area contributed by atoms with Gasteiger partial charge in [0.05, 0.1) is 13.2 Å². The van der Waals surface area contributed by atoms with Gasteiger partial charge in [-0.05, 0) is 32.6 Å². The Morgan fingerprint density at radius 3 is 2.50 bits per heavy atom. The predicted molar refractivity (Wildman–Crippen MR) is 99.1 cm³/mol. The van der Waals surface area contributed by atoms with Crippen molar-refractivity contribution < 1.29 is 9.53 Å². The molecule has 0 atom stereocenters. The van der Waals surface area contributed by atoms with Crippen molar-refractivity contribution >= 4 is 11.7 Å². The van der Waals surface area contributed by atoms with E-state index in [-0.39, 0.29) is 5.92 Å². The molecule has 3 heterocycles. The molecule has 26 heavy (non-hydrogen) atoms. The summed E-state index contributed by atoms with van der Waals surface area (Å²) in [6.45, 7) is 6.51. The molecule has 2 saturated heterocycles. The summed E-state index contributed by atoms with van der Waals surface area (Å²) in [7, 11) is 0. The van der Waals surface area contributed by atoms with Gasteiger partial charge in [0, 0.05) is 55.8 Å². The minimum absolute atomic E-state index is 0.136. The van der Waals surface area contributed by atoms with Crippen molar-refractivity contribution in [3.63, 3.8) is 0 Å². The van der Waals surface area contributed by atoms with Crippen LogP contribution in [0.4, 0.5) is 5.82 Å². The van der Waals surface area contributed by atoms with Gasteiger partial charge in [-0.2, -0.15) is 0 Å². The van der Waals surface area contributed by atoms with E-state index < -0.39 is 0 Å². The number of nitrogens with zero attached hydrogens (tertiary/aromatic N) is 4. The van der Waals surface area contributed by atoms with E-state index in [1.165, 1.54) is 0 Å². The van der Waals surface area contributed by atoms with Crippen LogP contribution < -0.4 is 10.6 Å². The van der Waals surface area contributed by atoms with E-state index in [0.29, 0.717) is 31.1 Å². The molecule has 2 N–H and O–H groups in total. The number of piperidine rings is 1. The summed E-state index contributed by atoms with van der Waals surface area (Å²) in [4.78, 5) is 26.2. The maximum atomic E-state index is 12.7. The lowest BCUT2D eigenvalue weighted by Crippen LogP contribution is -2.47. The van der Waals surface area contributed by atoms with Crippen LogP contribution in [0.5, 0.6) is 0 Å². The first-order valence-corrected chi connectivity index (χ1v) is 9.83. The Morgan fingerprint density at radius 2 is 1.85 bits per heavy atom. The third-order valence-electron chi connectivity index (χ3n) is 5.93. The van der Waals surface area contributed by atoms with Gasteiger partial charge >= 0.3 is 0 Å². The first-order chi connectivity index (χ1) is 12.6. The number of carbonyl (C=O) groups excluding carboxylic acids is 1. The number of nitrogens with two attached hydrogens (primary N) is 1. The standard InChI is InChI=1S/C19H29N5O2/c1-13-21-17(15-10-16(20)11-15)12-18(22-13)23-4-2-14(3-5-23)19(25)24-6-8-26-9-7-24/h12,14-16H,2-11,20H2,1H3. The number of amides is 1. The molecule has 0 bridgehead atoms. The molecule has 7 heteroatoms. The van der Waals surface area contributed by atoms with Crippen molar-refractivity contribution in [2.45, 2.75) is 44.6 Å². The summed E-state index contributed by atoms with van der Waals surface area (Å²) in [6.07, 6.45) is 3.82. The van der Waals surface area contributed by atoms with Gasteiger partial charge in [0.2, 0.25) is 5.91 Å². The fourth-order valence-electron chi connectivity index (χ4n) is 4.25. The summed E-state index contributed by atoms with van der Waals surface area (Å²) >= 11 is 0. The molecule has 1 aromatic rings. The topological polar surface area (TPSA) is 84.6 Å². The van der Waals surface area contributed by atoms with Crippen molar-refractivity contribution in [2.24, 2.45) is 11.7 Å². The molecule has 1 aliphatic carbocycles. The number of aryl methyl sites for hydroxylation is 1. The lowest BCUT2D eigenvalue weighted by molar-refractivity contribution is -0.140. The molecule has 0 aromatic carbocycles. The second kappa shape index (κ2) is 7.48. The number of morpholine rings is 1. The first kappa shape index (κ1) is 17.7. The maximum Gasteiger partial charge on any atom is 0.225 e. The number of ether oxygens (including phenoxy) is 1. The van der Waals surface area contributed by atoms with Crippen molar-refractivity contribution in [1.82, 2.24) is 14.9 Å². The van der Waals surface area contributed by atoms with Crippen LogP contribution in [0.25, 0.3) is 0 Å². The molecule has 3 aliphatic rings. The number of carbonyl (C=O) groups is 1. The average molecular weight is 359 g/mol. The zero-order chi connectivity index (χ0) is 18.1. The van der Waals surface area contributed by atoms with Crippen LogP contribution >= 0.6 is 0 Å².